The monoisotopic (exact) mass is 425 g/mol. The van der Waals surface area contributed by atoms with E-state index in [0.29, 0.717) is 25.3 Å². The lowest BCUT2D eigenvalue weighted by molar-refractivity contribution is -0.119. The normalized spacial score (nSPS) is 21.2. The molecule has 3 N–H and O–H groups in total. The van der Waals surface area contributed by atoms with E-state index in [9.17, 15) is 18.3 Å². The summed E-state index contributed by atoms with van der Waals surface area (Å²) in [6, 6.07) is 7.24. The summed E-state index contributed by atoms with van der Waals surface area (Å²) < 4.78 is 33.3. The summed E-state index contributed by atoms with van der Waals surface area (Å²) in [6.07, 6.45) is 3.47. The second kappa shape index (κ2) is 9.88. The van der Waals surface area contributed by atoms with Crippen LogP contribution in [-0.2, 0) is 14.8 Å². The molecule has 0 aromatic heterocycles. The Kier molecular flexibility index (Phi) is 7.50. The van der Waals surface area contributed by atoms with Crippen molar-refractivity contribution in [1.82, 2.24) is 14.9 Å². The van der Waals surface area contributed by atoms with Crippen LogP contribution >= 0.6 is 0 Å². The maximum absolute atomic E-state index is 12.4. The van der Waals surface area contributed by atoms with Gasteiger partial charge in [0.25, 0.3) is 0 Å². The third kappa shape index (κ3) is 7.26. The molecule has 0 radical (unpaired) electrons. The Morgan fingerprint density at radius 1 is 1.31 bits per heavy atom. The van der Waals surface area contributed by atoms with Gasteiger partial charge in [-0.05, 0) is 56.2 Å². The van der Waals surface area contributed by atoms with Crippen LogP contribution in [0.4, 0.5) is 0 Å². The molecule has 2 fully saturated rings. The quantitative estimate of drug-likeness (QED) is 0.436. The third-order valence-corrected chi connectivity index (χ3v) is 6.78. The van der Waals surface area contributed by atoms with Gasteiger partial charge in [-0.25, -0.2) is 13.1 Å². The molecule has 2 atom stereocenters. The number of aliphatic hydroxyl groups is 1. The summed E-state index contributed by atoms with van der Waals surface area (Å²) in [6.45, 7) is 3.29. The number of amides is 1. The van der Waals surface area contributed by atoms with Crippen molar-refractivity contribution in [3.63, 3.8) is 0 Å². The number of hydrogen-bond donors (Lipinski definition) is 3. The number of aliphatic hydroxyl groups excluding tert-OH is 1. The second-order valence-electron chi connectivity index (χ2n) is 7.96. The molecular weight excluding hydrogens is 394 g/mol. The zero-order chi connectivity index (χ0) is 20.9. The fourth-order valence-corrected chi connectivity index (χ4v) is 4.68. The molecule has 29 heavy (non-hydrogen) atoms. The highest BCUT2D eigenvalue weighted by Gasteiger charge is 2.27. The molecule has 0 bridgehead atoms. The Bertz CT molecular complexity index is 797. The van der Waals surface area contributed by atoms with Crippen LogP contribution in [0.15, 0.2) is 24.3 Å². The Morgan fingerprint density at radius 2 is 2.10 bits per heavy atom. The van der Waals surface area contributed by atoms with Gasteiger partial charge in [0.05, 0.1) is 18.9 Å². The Labute approximate surface area is 172 Å². The van der Waals surface area contributed by atoms with Crippen LogP contribution in [0.3, 0.4) is 0 Å². The number of carbonyl (C=O) groups excluding carboxylic acids is 1. The number of hydrogen-bond acceptors (Lipinski definition) is 6. The molecule has 1 aliphatic carbocycles. The highest BCUT2D eigenvalue weighted by Crippen LogP contribution is 2.30. The zero-order valence-corrected chi connectivity index (χ0v) is 17.7. The van der Waals surface area contributed by atoms with Gasteiger partial charge in [0.1, 0.15) is 5.75 Å². The lowest BCUT2D eigenvalue weighted by Gasteiger charge is -2.18. The largest absolute Gasteiger partial charge is 0.493 e. The third-order valence-electron chi connectivity index (χ3n) is 5.24. The molecule has 162 valence electrons. The van der Waals surface area contributed by atoms with Gasteiger partial charge in [-0.3, -0.25) is 9.69 Å². The van der Waals surface area contributed by atoms with Crippen LogP contribution in [0, 0.1) is 5.92 Å². The Morgan fingerprint density at radius 3 is 2.79 bits per heavy atom. The molecule has 8 nitrogen and oxygen atoms in total. The summed E-state index contributed by atoms with van der Waals surface area (Å²) >= 11 is 0. The van der Waals surface area contributed by atoms with Crippen LogP contribution in [0.25, 0.3) is 0 Å². The van der Waals surface area contributed by atoms with E-state index >= 15 is 0 Å². The summed E-state index contributed by atoms with van der Waals surface area (Å²) in [4.78, 5) is 12.8. The van der Waals surface area contributed by atoms with E-state index in [1.807, 2.05) is 31.2 Å². The lowest BCUT2D eigenvalue weighted by Crippen LogP contribution is -2.36. The number of sulfonamides is 1. The topological polar surface area (TPSA) is 108 Å². The highest BCUT2D eigenvalue weighted by atomic mass is 32.2. The average Bonchev–Trinajstić information content (AvgIpc) is 3.44. The summed E-state index contributed by atoms with van der Waals surface area (Å²) in [5.74, 6) is 1.30. The molecular formula is C20H31N3O5S. The number of ether oxygens (including phenoxy) is 1. The minimum absolute atomic E-state index is 0.0505. The number of nitrogens with one attached hydrogen (secondary N) is 2. The zero-order valence-electron chi connectivity index (χ0n) is 16.8. The minimum atomic E-state index is -3.40. The van der Waals surface area contributed by atoms with Crippen LogP contribution in [0.1, 0.15) is 50.6 Å². The van der Waals surface area contributed by atoms with Crippen molar-refractivity contribution in [3.05, 3.63) is 29.8 Å². The number of rotatable bonds is 12. The number of benzene rings is 1. The number of carbonyl (C=O) groups is 1. The van der Waals surface area contributed by atoms with Crippen molar-refractivity contribution in [3.8, 4) is 5.75 Å². The first-order valence-electron chi connectivity index (χ1n) is 10.3. The first-order chi connectivity index (χ1) is 13.8. The van der Waals surface area contributed by atoms with E-state index < -0.39 is 16.4 Å². The molecule has 2 aliphatic rings. The predicted molar refractivity (Wildman–Crippen MR) is 110 cm³/mol. The molecule has 1 amide bonds. The van der Waals surface area contributed by atoms with E-state index in [0.717, 1.165) is 24.3 Å². The maximum atomic E-state index is 12.4. The van der Waals surface area contributed by atoms with Gasteiger partial charge >= 0.3 is 0 Å². The molecule has 0 spiro atoms. The fraction of sp³-hybridized carbons (Fsp3) is 0.650. The van der Waals surface area contributed by atoms with Crippen LogP contribution < -0.4 is 14.8 Å². The highest BCUT2D eigenvalue weighted by molar-refractivity contribution is 7.89. The Balaban J connectivity index is 1.38. The van der Waals surface area contributed by atoms with E-state index in [-0.39, 0.29) is 24.2 Å². The molecule has 1 aromatic carbocycles. The van der Waals surface area contributed by atoms with Crippen LogP contribution in [0.2, 0.25) is 0 Å². The Hall–Kier alpha value is -1.68. The molecule has 1 saturated carbocycles. The van der Waals surface area contributed by atoms with Crippen molar-refractivity contribution in [2.45, 2.75) is 51.4 Å². The van der Waals surface area contributed by atoms with E-state index in [4.69, 9.17) is 4.74 Å². The van der Waals surface area contributed by atoms with Gasteiger partial charge in [-0.2, -0.15) is 0 Å². The fourth-order valence-electron chi connectivity index (χ4n) is 3.31. The van der Waals surface area contributed by atoms with Gasteiger partial charge in [-0.1, -0.05) is 18.6 Å². The van der Waals surface area contributed by atoms with Gasteiger partial charge in [0.2, 0.25) is 15.9 Å². The summed E-state index contributed by atoms with van der Waals surface area (Å²) in [5.41, 5.74) is 0.877. The van der Waals surface area contributed by atoms with Gasteiger partial charge in [-0.15, -0.1) is 0 Å². The predicted octanol–water partition coefficient (Wildman–Crippen LogP) is 1.33. The van der Waals surface area contributed by atoms with Gasteiger partial charge in [0.15, 0.2) is 6.35 Å². The molecule has 1 aliphatic heterocycles. The van der Waals surface area contributed by atoms with Crippen molar-refractivity contribution >= 4 is 15.9 Å². The SMILES string of the molecule is C[C@@H](NS(=O)(=O)CCCCCN1CC(=O)NC1O)c1cccc(OCC2CC2)c1. The lowest BCUT2D eigenvalue weighted by atomic mass is 10.1. The van der Waals surface area contributed by atoms with Crippen molar-refractivity contribution < 1.29 is 23.1 Å². The second-order valence-corrected chi connectivity index (χ2v) is 9.83. The van der Waals surface area contributed by atoms with Crippen LogP contribution in [0.5, 0.6) is 5.75 Å². The smallest absolute Gasteiger partial charge is 0.237 e. The molecule has 3 rings (SSSR count). The van der Waals surface area contributed by atoms with Crippen molar-refractivity contribution in [2.75, 3.05) is 25.4 Å². The van der Waals surface area contributed by atoms with E-state index in [1.165, 1.54) is 12.8 Å². The molecule has 1 unspecified atom stereocenters. The van der Waals surface area contributed by atoms with Crippen molar-refractivity contribution in [2.24, 2.45) is 5.92 Å². The van der Waals surface area contributed by atoms with E-state index in [1.54, 1.807) is 4.90 Å². The molecule has 1 saturated heterocycles. The molecule has 9 heteroatoms. The molecule has 1 heterocycles. The molecule has 1 aromatic rings. The van der Waals surface area contributed by atoms with Gasteiger partial charge < -0.3 is 15.2 Å². The number of nitrogens with zero attached hydrogens (tertiary/aromatic N) is 1. The van der Waals surface area contributed by atoms with Crippen molar-refractivity contribution in [1.29, 1.82) is 0 Å². The first-order valence-corrected chi connectivity index (χ1v) is 11.9. The summed E-state index contributed by atoms with van der Waals surface area (Å²) in [7, 11) is -3.40. The van der Waals surface area contributed by atoms with E-state index in [2.05, 4.69) is 10.0 Å². The maximum Gasteiger partial charge on any atom is 0.237 e. The van der Waals surface area contributed by atoms with Gasteiger partial charge in [0, 0.05) is 12.6 Å². The standard InChI is InChI=1S/C20H31N3O5S/c1-15(17-6-5-7-18(12-17)28-14-16-8-9-16)22-29(26,27)11-4-2-3-10-23-13-19(24)21-20(23)25/h5-7,12,15-16,20,22,25H,2-4,8-11,13-14H2,1H3,(H,21,24)/t15-,20?/m1/s1. The van der Waals surface area contributed by atoms with Crippen LogP contribution in [-0.4, -0.2) is 56.1 Å². The summed E-state index contributed by atoms with van der Waals surface area (Å²) in [5, 5.41) is 12.0. The average molecular weight is 426 g/mol. The first kappa shape index (κ1) is 22.0. The number of unbranched alkanes of at least 4 members (excludes halogenated alkanes) is 2. The minimum Gasteiger partial charge on any atom is -0.493 e.